The number of pyridine rings is 1. The van der Waals surface area contributed by atoms with Crippen molar-refractivity contribution in [3.63, 3.8) is 0 Å². The summed E-state index contributed by atoms with van der Waals surface area (Å²) in [7, 11) is 1.33. The van der Waals surface area contributed by atoms with Crippen molar-refractivity contribution in [3.8, 4) is 11.3 Å². The quantitative estimate of drug-likeness (QED) is 0.266. The number of rotatable bonds is 3. The van der Waals surface area contributed by atoms with Gasteiger partial charge in [0.2, 0.25) is 5.69 Å². The van der Waals surface area contributed by atoms with E-state index in [0.29, 0.717) is 0 Å². The van der Waals surface area contributed by atoms with Gasteiger partial charge in [-0.3, -0.25) is 0 Å². The number of hydrogen-bond donors (Lipinski definition) is 0. The van der Waals surface area contributed by atoms with Crippen LogP contribution in [-0.2, 0) is 7.05 Å². The van der Waals surface area contributed by atoms with Crippen molar-refractivity contribution in [2.24, 2.45) is 7.05 Å². The lowest BCUT2D eigenvalue weighted by atomic mass is 9.81. The number of fused-ring (bicyclic) bond motifs is 1. The van der Waals surface area contributed by atoms with E-state index in [1.54, 1.807) is 11.1 Å². The molecule has 0 amide bonds. The van der Waals surface area contributed by atoms with Crippen molar-refractivity contribution >= 4 is 18.8 Å². The molecule has 0 N–H and O–H groups in total. The third-order valence-corrected chi connectivity index (χ3v) is 12.7. The Morgan fingerprint density at radius 2 is 1.44 bits per heavy atom. The summed E-state index contributed by atoms with van der Waals surface area (Å²) >= 11 is 0. The van der Waals surface area contributed by atoms with Crippen LogP contribution in [0.15, 0.2) is 36.4 Å². The van der Waals surface area contributed by atoms with Crippen LogP contribution >= 0.6 is 0 Å². The first-order valence-electron chi connectivity index (χ1n) is 13.8. The Kier molecular flexibility index (Phi) is 6.48. The number of nitrogens with zero attached hydrogens (tertiary/aromatic N) is 1. The van der Waals surface area contributed by atoms with Gasteiger partial charge in [-0.15, -0.1) is 0 Å². The summed E-state index contributed by atoms with van der Waals surface area (Å²) in [5.74, 6) is 1.49. The standard InChI is InChI=1S/C32H44NSi/c1-22-18-28(25-10-8-7-9-11-25)21-31(24(22)3)32-30-13-12-27(20-29(30)19-23(2)33(32)4)26-14-16-34(5,6)17-15-26/h12-13,18-21,25-26H,7-11,14-17H2,1-6H3/q+1. The molecule has 180 valence electrons. The van der Waals surface area contributed by atoms with E-state index in [1.165, 1.54) is 95.9 Å². The first kappa shape index (κ1) is 23.8. The molecule has 0 atom stereocenters. The monoisotopic (exact) mass is 470 g/mol. The molecule has 1 nitrogen and oxygen atoms in total. The van der Waals surface area contributed by atoms with E-state index in [2.05, 4.69) is 81.9 Å². The zero-order chi connectivity index (χ0) is 24.0. The number of hydrogen-bond acceptors (Lipinski definition) is 0. The number of benzene rings is 2. The highest BCUT2D eigenvalue weighted by Gasteiger charge is 2.30. The summed E-state index contributed by atoms with van der Waals surface area (Å²) in [5.41, 5.74) is 10.2. The Balaban J connectivity index is 1.61. The van der Waals surface area contributed by atoms with Gasteiger partial charge in [-0.25, -0.2) is 0 Å². The van der Waals surface area contributed by atoms with Gasteiger partial charge >= 0.3 is 0 Å². The van der Waals surface area contributed by atoms with E-state index in [1.807, 2.05) is 0 Å². The van der Waals surface area contributed by atoms with E-state index in [9.17, 15) is 0 Å². The molecule has 5 rings (SSSR count). The molecule has 2 aliphatic rings. The van der Waals surface area contributed by atoms with E-state index < -0.39 is 8.07 Å². The van der Waals surface area contributed by atoms with Gasteiger partial charge in [0.05, 0.1) is 10.9 Å². The second-order valence-corrected chi connectivity index (χ2v) is 17.7. The summed E-state index contributed by atoms with van der Waals surface area (Å²) in [4.78, 5) is 0. The summed E-state index contributed by atoms with van der Waals surface area (Å²) < 4.78 is 2.43. The normalized spacial score (nSPS) is 19.6. The fourth-order valence-corrected chi connectivity index (χ4v) is 9.22. The van der Waals surface area contributed by atoms with Crippen LogP contribution in [0.2, 0.25) is 25.2 Å². The van der Waals surface area contributed by atoms with E-state index in [0.717, 1.165) is 11.8 Å². The van der Waals surface area contributed by atoms with E-state index >= 15 is 0 Å². The third-order valence-electron chi connectivity index (χ3n) is 9.39. The fraction of sp³-hybridized carbons (Fsp3) is 0.531. The van der Waals surface area contributed by atoms with Crippen LogP contribution in [0, 0.1) is 20.8 Å². The molecule has 1 saturated carbocycles. The molecule has 0 radical (unpaired) electrons. The Hall–Kier alpha value is -1.93. The molecule has 2 aromatic carbocycles. The van der Waals surface area contributed by atoms with Crippen LogP contribution in [0.4, 0.5) is 0 Å². The van der Waals surface area contributed by atoms with Crippen LogP contribution in [0.3, 0.4) is 0 Å². The van der Waals surface area contributed by atoms with Crippen LogP contribution in [0.1, 0.15) is 84.7 Å². The lowest BCUT2D eigenvalue weighted by Crippen LogP contribution is -2.35. The minimum absolute atomic E-state index is 0.735. The predicted molar refractivity (Wildman–Crippen MR) is 150 cm³/mol. The first-order chi connectivity index (χ1) is 16.2. The van der Waals surface area contributed by atoms with Gasteiger partial charge < -0.3 is 0 Å². The van der Waals surface area contributed by atoms with Crippen molar-refractivity contribution in [1.29, 1.82) is 0 Å². The summed E-state index contributed by atoms with van der Waals surface area (Å²) in [6.07, 6.45) is 9.67. The lowest BCUT2D eigenvalue weighted by Gasteiger charge is -2.33. The van der Waals surface area contributed by atoms with Crippen molar-refractivity contribution in [1.82, 2.24) is 0 Å². The Morgan fingerprint density at radius 3 is 2.15 bits per heavy atom. The van der Waals surface area contributed by atoms with Crippen LogP contribution in [-0.4, -0.2) is 8.07 Å². The van der Waals surface area contributed by atoms with Gasteiger partial charge in [0.1, 0.15) is 7.05 Å². The molecule has 0 bridgehead atoms. The topological polar surface area (TPSA) is 3.88 Å². The number of aromatic nitrogens is 1. The second-order valence-electron chi connectivity index (χ2n) is 12.3. The van der Waals surface area contributed by atoms with Crippen LogP contribution in [0.25, 0.3) is 22.0 Å². The smallest absolute Gasteiger partial charge is 0.198 e. The highest BCUT2D eigenvalue weighted by Crippen LogP contribution is 2.41. The summed E-state index contributed by atoms with van der Waals surface area (Å²) in [6, 6.07) is 17.8. The van der Waals surface area contributed by atoms with Gasteiger partial charge in [0.15, 0.2) is 5.69 Å². The molecule has 2 heteroatoms. The average Bonchev–Trinajstić information content (AvgIpc) is 2.82. The van der Waals surface area contributed by atoms with Crippen molar-refractivity contribution in [2.75, 3.05) is 0 Å². The molecular formula is C32H44NSi+. The molecule has 2 fully saturated rings. The molecular weight excluding hydrogens is 426 g/mol. The minimum Gasteiger partial charge on any atom is -0.198 e. The van der Waals surface area contributed by atoms with E-state index in [4.69, 9.17) is 0 Å². The minimum atomic E-state index is -0.923. The SMILES string of the molecule is Cc1cc(C2CCCCC2)cc(-c2c3ccc(C4CC[Si](C)(C)CC4)cc3cc(C)[n+]2C)c1C. The molecule has 1 aliphatic carbocycles. The summed E-state index contributed by atoms with van der Waals surface area (Å²) in [6.45, 7) is 12.1. The predicted octanol–water partition coefficient (Wildman–Crippen LogP) is 8.89. The van der Waals surface area contributed by atoms with Crippen LogP contribution in [0.5, 0.6) is 0 Å². The van der Waals surface area contributed by atoms with Crippen molar-refractivity contribution in [2.45, 2.75) is 103 Å². The maximum Gasteiger partial charge on any atom is 0.220 e. The molecule has 1 aliphatic heterocycles. The van der Waals surface area contributed by atoms with Crippen molar-refractivity contribution in [3.05, 3.63) is 64.3 Å². The van der Waals surface area contributed by atoms with Gasteiger partial charge in [-0.1, -0.05) is 62.6 Å². The molecule has 0 unspecified atom stereocenters. The molecule has 34 heavy (non-hydrogen) atoms. The Bertz CT molecular complexity index is 1210. The zero-order valence-corrected chi connectivity index (χ0v) is 23.4. The van der Waals surface area contributed by atoms with Crippen LogP contribution < -0.4 is 4.57 Å². The maximum absolute atomic E-state index is 2.57. The molecule has 2 heterocycles. The van der Waals surface area contributed by atoms with E-state index in [-0.39, 0.29) is 0 Å². The van der Waals surface area contributed by atoms with Gasteiger partial charge in [0, 0.05) is 21.1 Å². The number of aryl methyl sites for hydroxylation is 2. The van der Waals surface area contributed by atoms with Gasteiger partial charge in [-0.05, 0) is 91.1 Å². The molecule has 1 aromatic heterocycles. The lowest BCUT2D eigenvalue weighted by molar-refractivity contribution is -0.665. The molecule has 3 aromatic rings. The summed E-state index contributed by atoms with van der Waals surface area (Å²) in [5, 5.41) is 2.83. The second kappa shape index (κ2) is 9.26. The largest absolute Gasteiger partial charge is 0.220 e. The molecule has 0 spiro atoms. The Labute approximate surface area is 208 Å². The average molecular weight is 471 g/mol. The Morgan fingerprint density at radius 1 is 0.765 bits per heavy atom. The molecule has 1 saturated heterocycles. The maximum atomic E-state index is 2.57. The fourth-order valence-electron chi connectivity index (χ4n) is 6.71. The van der Waals surface area contributed by atoms with Crippen molar-refractivity contribution < 1.29 is 4.57 Å². The third kappa shape index (κ3) is 4.51. The highest BCUT2D eigenvalue weighted by molar-refractivity contribution is 6.77. The van der Waals surface area contributed by atoms with Gasteiger partial charge in [0.25, 0.3) is 0 Å². The van der Waals surface area contributed by atoms with Gasteiger partial charge in [-0.2, -0.15) is 4.57 Å². The highest BCUT2D eigenvalue weighted by atomic mass is 28.3. The first-order valence-corrected chi connectivity index (χ1v) is 17.2. The zero-order valence-electron chi connectivity index (χ0n) is 22.4.